The summed E-state index contributed by atoms with van der Waals surface area (Å²) in [6.07, 6.45) is -0.181. The fourth-order valence-electron chi connectivity index (χ4n) is 3.51. The minimum absolute atomic E-state index is 0.103. The lowest BCUT2D eigenvalue weighted by molar-refractivity contribution is -0.274. The molecule has 1 amide bonds. The number of methoxy groups -OCH3 is 1. The monoisotopic (exact) mass is 531 g/mol. The highest BCUT2D eigenvalue weighted by Gasteiger charge is 2.32. The quantitative estimate of drug-likeness (QED) is 0.284. The number of aromatic nitrogens is 2. The first-order chi connectivity index (χ1) is 17.1. The number of ether oxygens (including phenoxy) is 2. The van der Waals surface area contributed by atoms with Crippen molar-refractivity contribution in [3.8, 4) is 5.75 Å². The van der Waals surface area contributed by atoms with Crippen LogP contribution in [0.3, 0.4) is 0 Å². The van der Waals surface area contributed by atoms with E-state index in [0.717, 1.165) is 62.6 Å². The van der Waals surface area contributed by atoms with Gasteiger partial charge in [0.05, 0.1) is 5.82 Å². The van der Waals surface area contributed by atoms with Gasteiger partial charge in [0.25, 0.3) is 5.91 Å². The number of rotatable bonds is 9. The number of carbonyl (C=O) groups is 1. The summed E-state index contributed by atoms with van der Waals surface area (Å²) >= 11 is 1.05. The number of nitrogens with one attached hydrogen (secondary N) is 2. The van der Waals surface area contributed by atoms with E-state index in [0.29, 0.717) is 11.0 Å². The number of carbonyl (C=O) groups excluding carboxylic acids is 1. The summed E-state index contributed by atoms with van der Waals surface area (Å²) in [5.41, 5.74) is 10.9. The molecule has 10 nitrogen and oxygen atoms in total. The van der Waals surface area contributed by atoms with Crippen molar-refractivity contribution in [2.45, 2.75) is 31.3 Å². The second kappa shape index (κ2) is 11.9. The van der Waals surface area contributed by atoms with E-state index in [1.54, 1.807) is 12.2 Å². The maximum atomic E-state index is 14.3. The Morgan fingerprint density at radius 2 is 1.97 bits per heavy atom. The highest BCUT2D eigenvalue weighted by atomic mass is 32.1. The standard InChI is InChI=1S/C21H25F4N7O3S/c1-34-17(14-11-13(4-5-15(14)22)35-21(23,24)25)18(33)29-20-31-30-19(36-20)28-12-6-9-32(10-7-12)16(27)3-2-8-26/h2-5,8,11-12,17H,6-7,9-10,26-27H2,1H3,(H,28,30)(H,29,31,33)/b8-2-,16-3+. The molecule has 1 aromatic carbocycles. The number of piperidine rings is 1. The van der Waals surface area contributed by atoms with Gasteiger partial charge in [-0.15, -0.1) is 23.4 Å². The molecule has 0 aliphatic carbocycles. The number of amides is 1. The molecule has 1 aliphatic rings. The Kier molecular flexibility index (Phi) is 8.93. The molecule has 0 radical (unpaired) electrons. The molecule has 0 spiro atoms. The number of halogens is 4. The number of alkyl halides is 3. The van der Waals surface area contributed by atoms with Crippen LogP contribution in [-0.2, 0) is 9.53 Å². The van der Waals surface area contributed by atoms with Gasteiger partial charge < -0.3 is 31.2 Å². The number of hydrogen-bond acceptors (Lipinski definition) is 10. The van der Waals surface area contributed by atoms with Crippen molar-refractivity contribution in [3.05, 3.63) is 53.8 Å². The molecule has 0 bridgehead atoms. The maximum Gasteiger partial charge on any atom is 0.573 e. The van der Waals surface area contributed by atoms with Crippen LogP contribution in [-0.4, -0.2) is 53.6 Å². The summed E-state index contributed by atoms with van der Waals surface area (Å²) in [7, 11) is 1.12. The van der Waals surface area contributed by atoms with Crippen LogP contribution in [0.2, 0.25) is 0 Å². The van der Waals surface area contributed by atoms with Crippen molar-refractivity contribution in [3.63, 3.8) is 0 Å². The molecule has 2 aromatic rings. The highest BCUT2D eigenvalue weighted by Crippen LogP contribution is 2.30. The van der Waals surface area contributed by atoms with Crippen LogP contribution in [0.1, 0.15) is 24.5 Å². The van der Waals surface area contributed by atoms with Crippen molar-refractivity contribution in [1.82, 2.24) is 15.1 Å². The van der Waals surface area contributed by atoms with E-state index < -0.39 is 35.5 Å². The Labute approximate surface area is 207 Å². The average molecular weight is 532 g/mol. The van der Waals surface area contributed by atoms with Gasteiger partial charge in [0.15, 0.2) is 6.10 Å². The van der Waals surface area contributed by atoms with Crippen LogP contribution < -0.4 is 26.8 Å². The predicted octanol–water partition coefficient (Wildman–Crippen LogP) is 3.05. The smallest absolute Gasteiger partial charge is 0.406 e. The lowest BCUT2D eigenvalue weighted by Gasteiger charge is -2.33. The van der Waals surface area contributed by atoms with Crippen molar-refractivity contribution < 1.29 is 31.8 Å². The van der Waals surface area contributed by atoms with E-state index in [9.17, 15) is 22.4 Å². The summed E-state index contributed by atoms with van der Waals surface area (Å²) in [6, 6.07) is 2.41. The van der Waals surface area contributed by atoms with Gasteiger partial charge in [-0.2, -0.15) is 0 Å². The first-order valence-electron chi connectivity index (χ1n) is 10.7. The van der Waals surface area contributed by atoms with E-state index in [4.69, 9.17) is 16.2 Å². The summed E-state index contributed by atoms with van der Waals surface area (Å²) in [4.78, 5) is 14.7. The molecular formula is C21H25F4N7O3S. The van der Waals surface area contributed by atoms with Crippen LogP contribution in [0.4, 0.5) is 27.8 Å². The Bertz CT molecular complexity index is 1100. The van der Waals surface area contributed by atoms with Crippen LogP contribution in [0, 0.1) is 5.82 Å². The predicted molar refractivity (Wildman–Crippen MR) is 125 cm³/mol. The minimum atomic E-state index is -4.97. The number of hydrogen-bond donors (Lipinski definition) is 4. The normalized spacial score (nSPS) is 16.2. The zero-order valence-electron chi connectivity index (χ0n) is 19.1. The second-order valence-corrected chi connectivity index (χ2v) is 8.61. The number of allylic oxidation sites excluding steroid dienone is 2. The first kappa shape index (κ1) is 27.0. The van der Waals surface area contributed by atoms with Gasteiger partial charge >= 0.3 is 6.36 Å². The Balaban J connectivity index is 1.59. The van der Waals surface area contributed by atoms with Crippen LogP contribution in [0.5, 0.6) is 5.75 Å². The Hall–Kier alpha value is -3.59. The van der Waals surface area contributed by atoms with Gasteiger partial charge in [0, 0.05) is 31.8 Å². The largest absolute Gasteiger partial charge is 0.573 e. The molecule has 1 fully saturated rings. The topological polar surface area (TPSA) is 141 Å². The fraction of sp³-hybridized carbons (Fsp3) is 0.381. The van der Waals surface area contributed by atoms with E-state index in [1.165, 1.54) is 6.20 Å². The molecular weight excluding hydrogens is 506 g/mol. The SMILES string of the molecule is COC(C(=O)Nc1nnc(NC2CCN(/C(N)=C/C=C\N)CC2)s1)c1cc(OC(F)(F)F)ccc1F. The van der Waals surface area contributed by atoms with Gasteiger partial charge in [-0.05, 0) is 49.4 Å². The summed E-state index contributed by atoms with van der Waals surface area (Å²) in [6.45, 7) is 1.44. The van der Waals surface area contributed by atoms with Crippen LogP contribution >= 0.6 is 11.3 Å². The average Bonchev–Trinajstić information content (AvgIpc) is 3.26. The number of nitrogens with two attached hydrogens (primary N) is 2. The molecule has 196 valence electrons. The molecule has 1 saturated heterocycles. The van der Waals surface area contributed by atoms with Crippen molar-refractivity contribution in [2.24, 2.45) is 11.5 Å². The molecule has 1 aliphatic heterocycles. The second-order valence-electron chi connectivity index (χ2n) is 7.63. The Morgan fingerprint density at radius 3 is 2.61 bits per heavy atom. The highest BCUT2D eigenvalue weighted by molar-refractivity contribution is 7.19. The third kappa shape index (κ3) is 7.45. The molecule has 2 heterocycles. The number of anilines is 2. The first-order valence-corrected chi connectivity index (χ1v) is 11.5. The van der Waals surface area contributed by atoms with Crippen molar-refractivity contribution in [1.29, 1.82) is 0 Å². The van der Waals surface area contributed by atoms with Crippen LogP contribution in [0.15, 0.2) is 42.4 Å². The van der Waals surface area contributed by atoms with Gasteiger partial charge in [0.1, 0.15) is 11.6 Å². The van der Waals surface area contributed by atoms with E-state index in [-0.39, 0.29) is 11.2 Å². The molecule has 0 saturated carbocycles. The lowest BCUT2D eigenvalue weighted by Crippen LogP contribution is -2.40. The molecule has 3 rings (SSSR count). The van der Waals surface area contributed by atoms with E-state index in [1.807, 2.05) is 4.90 Å². The van der Waals surface area contributed by atoms with E-state index >= 15 is 0 Å². The minimum Gasteiger partial charge on any atom is -0.406 e. The fourth-order valence-corrected chi connectivity index (χ4v) is 4.24. The number of likely N-dealkylation sites (tertiary alicyclic amines) is 1. The molecule has 1 atom stereocenters. The third-order valence-corrected chi connectivity index (χ3v) is 5.95. The zero-order valence-corrected chi connectivity index (χ0v) is 19.9. The molecule has 1 aromatic heterocycles. The van der Waals surface area contributed by atoms with E-state index in [2.05, 4.69) is 25.6 Å². The summed E-state index contributed by atoms with van der Waals surface area (Å²) in [5.74, 6) is -1.84. The zero-order chi connectivity index (χ0) is 26.3. The van der Waals surface area contributed by atoms with Crippen LogP contribution in [0.25, 0.3) is 0 Å². The Morgan fingerprint density at radius 1 is 1.28 bits per heavy atom. The van der Waals surface area contributed by atoms with Gasteiger partial charge in [-0.3, -0.25) is 10.1 Å². The molecule has 1 unspecified atom stereocenters. The molecule has 15 heteroatoms. The molecule has 36 heavy (non-hydrogen) atoms. The lowest BCUT2D eigenvalue weighted by atomic mass is 10.1. The van der Waals surface area contributed by atoms with Crippen molar-refractivity contribution in [2.75, 3.05) is 30.8 Å². The maximum absolute atomic E-state index is 14.3. The molecule has 6 N–H and O–H groups in total. The third-order valence-electron chi connectivity index (χ3n) is 5.18. The van der Waals surface area contributed by atoms with Gasteiger partial charge in [-0.25, -0.2) is 4.39 Å². The number of nitrogens with zero attached hydrogens (tertiary/aromatic N) is 3. The summed E-state index contributed by atoms with van der Waals surface area (Å²) < 4.78 is 60.7. The summed E-state index contributed by atoms with van der Waals surface area (Å²) in [5, 5.41) is 14.1. The van der Waals surface area contributed by atoms with Gasteiger partial charge in [-0.1, -0.05) is 11.3 Å². The van der Waals surface area contributed by atoms with Gasteiger partial charge in [0.2, 0.25) is 10.3 Å². The number of benzene rings is 1. The van der Waals surface area contributed by atoms with Crippen molar-refractivity contribution >= 4 is 27.5 Å².